The Labute approximate surface area is 130 Å². The molecule has 2 aliphatic rings. The molecule has 4 rings (SSSR count). The van der Waals surface area contributed by atoms with E-state index in [-0.39, 0.29) is 0 Å². The van der Waals surface area contributed by atoms with Gasteiger partial charge in [-0.25, -0.2) is 4.99 Å². The van der Waals surface area contributed by atoms with Gasteiger partial charge in [-0.15, -0.1) is 0 Å². The first-order valence-electron chi connectivity index (χ1n) is 7.89. The van der Waals surface area contributed by atoms with E-state index in [1.54, 1.807) is 0 Å². The molecule has 0 spiro atoms. The van der Waals surface area contributed by atoms with Gasteiger partial charge in [0.2, 0.25) is 0 Å². The molecule has 112 valence electrons. The van der Waals surface area contributed by atoms with Crippen LogP contribution >= 0.6 is 0 Å². The Morgan fingerprint density at radius 2 is 1.91 bits per heavy atom. The van der Waals surface area contributed by atoms with Crippen LogP contribution in [0.4, 0.5) is 11.4 Å². The summed E-state index contributed by atoms with van der Waals surface area (Å²) in [6, 6.07) is 16.3. The zero-order chi connectivity index (χ0) is 15.2. The fraction of sp³-hybridized carbons (Fsp3) is 0.316. The van der Waals surface area contributed by atoms with Crippen LogP contribution in [0.2, 0.25) is 0 Å². The van der Waals surface area contributed by atoms with Gasteiger partial charge in [-0.1, -0.05) is 36.4 Å². The third-order valence-electron chi connectivity index (χ3n) is 4.57. The van der Waals surface area contributed by atoms with E-state index in [2.05, 4.69) is 23.1 Å². The van der Waals surface area contributed by atoms with E-state index in [1.165, 1.54) is 11.3 Å². The molecule has 2 aliphatic heterocycles. The summed E-state index contributed by atoms with van der Waals surface area (Å²) in [5.74, 6) is 0. The van der Waals surface area contributed by atoms with Gasteiger partial charge >= 0.3 is 0 Å². The summed E-state index contributed by atoms with van der Waals surface area (Å²) in [7, 11) is 0. The number of rotatable bonds is 1. The SMILES string of the molecule is CC1(O)CN2CCCc3cccc(c32)C1=Nc1ccccc1. The van der Waals surface area contributed by atoms with Gasteiger partial charge in [0, 0.05) is 17.8 Å². The second-order valence-electron chi connectivity index (χ2n) is 6.41. The lowest BCUT2D eigenvalue weighted by Crippen LogP contribution is -2.53. The molecule has 22 heavy (non-hydrogen) atoms. The number of benzene rings is 2. The Hall–Kier alpha value is -2.13. The molecule has 0 bridgehead atoms. The Morgan fingerprint density at radius 3 is 2.73 bits per heavy atom. The van der Waals surface area contributed by atoms with Crippen LogP contribution in [0.1, 0.15) is 24.5 Å². The average Bonchev–Trinajstić information content (AvgIpc) is 2.52. The molecule has 0 amide bonds. The first-order chi connectivity index (χ1) is 10.6. The number of hydrogen-bond acceptors (Lipinski definition) is 3. The zero-order valence-electron chi connectivity index (χ0n) is 12.8. The molecular weight excluding hydrogens is 272 g/mol. The third kappa shape index (κ3) is 2.13. The number of aliphatic imine (C=N–C) groups is 1. The average molecular weight is 292 g/mol. The number of hydrogen-bond donors (Lipinski definition) is 1. The molecule has 0 aliphatic carbocycles. The minimum Gasteiger partial charge on any atom is -0.382 e. The lowest BCUT2D eigenvalue weighted by molar-refractivity contribution is 0.136. The maximum atomic E-state index is 11.0. The molecule has 0 saturated carbocycles. The second kappa shape index (κ2) is 4.96. The van der Waals surface area contributed by atoms with Crippen molar-refractivity contribution in [1.82, 2.24) is 0 Å². The molecule has 3 nitrogen and oxygen atoms in total. The van der Waals surface area contributed by atoms with Crippen molar-refractivity contribution in [2.75, 3.05) is 18.0 Å². The number of para-hydroxylation sites is 2. The molecule has 1 N–H and O–H groups in total. The summed E-state index contributed by atoms with van der Waals surface area (Å²) in [6.07, 6.45) is 2.26. The van der Waals surface area contributed by atoms with Crippen molar-refractivity contribution in [1.29, 1.82) is 0 Å². The smallest absolute Gasteiger partial charge is 0.122 e. The minimum absolute atomic E-state index is 0.614. The first-order valence-corrected chi connectivity index (χ1v) is 7.89. The van der Waals surface area contributed by atoms with Crippen LogP contribution in [0.5, 0.6) is 0 Å². The molecule has 0 radical (unpaired) electrons. The van der Waals surface area contributed by atoms with Crippen molar-refractivity contribution in [2.45, 2.75) is 25.4 Å². The van der Waals surface area contributed by atoms with E-state index >= 15 is 0 Å². The first kappa shape index (κ1) is 13.5. The molecule has 0 fully saturated rings. The van der Waals surface area contributed by atoms with Crippen LogP contribution in [0, 0.1) is 0 Å². The largest absolute Gasteiger partial charge is 0.382 e. The summed E-state index contributed by atoms with van der Waals surface area (Å²) >= 11 is 0. The van der Waals surface area contributed by atoms with Gasteiger partial charge in [0.1, 0.15) is 5.60 Å². The normalized spacial score (nSPS) is 25.2. The number of aryl methyl sites for hydroxylation is 1. The Morgan fingerprint density at radius 1 is 1.09 bits per heavy atom. The quantitative estimate of drug-likeness (QED) is 0.875. The van der Waals surface area contributed by atoms with E-state index in [0.717, 1.165) is 36.3 Å². The van der Waals surface area contributed by atoms with Crippen LogP contribution in [-0.4, -0.2) is 29.5 Å². The Balaban J connectivity index is 1.92. The number of aliphatic hydroxyl groups is 1. The number of nitrogens with zero attached hydrogens (tertiary/aromatic N) is 2. The highest BCUT2D eigenvalue weighted by molar-refractivity contribution is 6.13. The van der Waals surface area contributed by atoms with E-state index < -0.39 is 5.60 Å². The molecule has 1 unspecified atom stereocenters. The van der Waals surface area contributed by atoms with Crippen molar-refractivity contribution in [3.63, 3.8) is 0 Å². The lowest BCUT2D eigenvalue weighted by atomic mass is 9.83. The summed E-state index contributed by atoms with van der Waals surface area (Å²) in [5.41, 5.74) is 4.47. The van der Waals surface area contributed by atoms with Gasteiger partial charge in [-0.05, 0) is 37.5 Å². The highest BCUT2D eigenvalue weighted by atomic mass is 16.3. The van der Waals surface area contributed by atoms with Crippen molar-refractivity contribution in [3.05, 3.63) is 59.7 Å². The fourth-order valence-electron chi connectivity index (χ4n) is 3.64. The van der Waals surface area contributed by atoms with Crippen LogP contribution in [0.25, 0.3) is 0 Å². The molecule has 2 aromatic carbocycles. The van der Waals surface area contributed by atoms with Gasteiger partial charge in [0.05, 0.1) is 17.9 Å². The van der Waals surface area contributed by atoms with E-state index in [0.29, 0.717) is 6.54 Å². The van der Waals surface area contributed by atoms with Crippen molar-refractivity contribution in [2.24, 2.45) is 4.99 Å². The summed E-state index contributed by atoms with van der Waals surface area (Å²) in [5, 5.41) is 11.0. The molecule has 0 aromatic heterocycles. The topological polar surface area (TPSA) is 35.8 Å². The van der Waals surface area contributed by atoms with Crippen LogP contribution in [0.3, 0.4) is 0 Å². The summed E-state index contributed by atoms with van der Waals surface area (Å²) < 4.78 is 0. The van der Waals surface area contributed by atoms with Crippen molar-refractivity contribution < 1.29 is 5.11 Å². The second-order valence-corrected chi connectivity index (χ2v) is 6.41. The molecular formula is C19H20N2O. The van der Waals surface area contributed by atoms with Crippen LogP contribution < -0.4 is 4.90 Å². The van der Waals surface area contributed by atoms with Gasteiger partial charge < -0.3 is 10.0 Å². The van der Waals surface area contributed by atoms with E-state index in [4.69, 9.17) is 4.99 Å². The minimum atomic E-state index is -0.932. The summed E-state index contributed by atoms with van der Waals surface area (Å²) in [4.78, 5) is 7.10. The standard InChI is InChI=1S/C19H20N2O/c1-19(22)13-21-12-6-8-14-7-5-11-16(17(14)21)18(19)20-15-9-3-2-4-10-15/h2-5,7,9-11,22H,6,8,12-13H2,1H3. The molecule has 1 atom stereocenters. The fourth-order valence-corrected chi connectivity index (χ4v) is 3.64. The van der Waals surface area contributed by atoms with Crippen LogP contribution in [-0.2, 0) is 6.42 Å². The molecule has 0 saturated heterocycles. The Kier molecular flexibility index (Phi) is 3.05. The van der Waals surface area contributed by atoms with Crippen molar-refractivity contribution >= 4 is 17.1 Å². The molecule has 2 heterocycles. The third-order valence-corrected chi connectivity index (χ3v) is 4.57. The van der Waals surface area contributed by atoms with Gasteiger partial charge in [0.15, 0.2) is 0 Å². The maximum absolute atomic E-state index is 11.0. The Bertz CT molecular complexity index is 734. The lowest BCUT2D eigenvalue weighted by Gasteiger charge is -2.43. The molecule has 3 heteroatoms. The predicted octanol–water partition coefficient (Wildman–Crippen LogP) is 3.32. The zero-order valence-corrected chi connectivity index (χ0v) is 12.8. The maximum Gasteiger partial charge on any atom is 0.122 e. The van der Waals surface area contributed by atoms with E-state index in [1.807, 2.05) is 37.3 Å². The molecule has 2 aromatic rings. The number of anilines is 1. The van der Waals surface area contributed by atoms with Crippen molar-refractivity contribution in [3.8, 4) is 0 Å². The van der Waals surface area contributed by atoms with Gasteiger partial charge in [-0.2, -0.15) is 0 Å². The monoisotopic (exact) mass is 292 g/mol. The van der Waals surface area contributed by atoms with Crippen LogP contribution in [0.15, 0.2) is 53.5 Å². The highest BCUT2D eigenvalue weighted by Gasteiger charge is 2.40. The van der Waals surface area contributed by atoms with Gasteiger partial charge in [-0.3, -0.25) is 0 Å². The highest BCUT2D eigenvalue weighted by Crippen LogP contribution is 2.39. The summed E-state index contributed by atoms with van der Waals surface area (Å²) in [6.45, 7) is 3.50. The van der Waals surface area contributed by atoms with Gasteiger partial charge in [0.25, 0.3) is 0 Å². The predicted molar refractivity (Wildman–Crippen MR) is 90.2 cm³/mol. The van der Waals surface area contributed by atoms with E-state index in [9.17, 15) is 5.11 Å².